The second-order valence-electron chi connectivity index (χ2n) is 5.40. The van der Waals surface area contributed by atoms with Gasteiger partial charge >= 0.3 is 5.97 Å². The highest BCUT2D eigenvalue weighted by molar-refractivity contribution is 6.31. The fraction of sp³-hybridized carbons (Fsp3) is 0.211. The van der Waals surface area contributed by atoms with Crippen LogP contribution in [-0.4, -0.2) is 30.9 Å². The zero-order valence-corrected chi connectivity index (χ0v) is 15.2. The van der Waals surface area contributed by atoms with E-state index < -0.39 is 11.9 Å². The number of carbonyl (C=O) groups excluding carboxylic acids is 3. The maximum absolute atomic E-state index is 12.4. The van der Waals surface area contributed by atoms with Crippen LogP contribution in [0.5, 0.6) is 0 Å². The van der Waals surface area contributed by atoms with Crippen LogP contribution >= 0.6 is 11.6 Å². The summed E-state index contributed by atoms with van der Waals surface area (Å²) in [6, 6.07) is 13.2. The van der Waals surface area contributed by atoms with Gasteiger partial charge in [0.1, 0.15) is 6.54 Å². The summed E-state index contributed by atoms with van der Waals surface area (Å²) in [5, 5.41) is 3.11. The second-order valence-corrected chi connectivity index (χ2v) is 5.84. The third-order valence-electron chi connectivity index (χ3n) is 3.50. The van der Waals surface area contributed by atoms with Gasteiger partial charge in [0.15, 0.2) is 0 Å². The Morgan fingerprint density at radius 3 is 2.50 bits per heavy atom. The molecule has 0 saturated heterocycles. The van der Waals surface area contributed by atoms with E-state index in [9.17, 15) is 14.4 Å². The molecular weight excluding hydrogens is 356 g/mol. The molecular formula is C19H19ClN2O4. The van der Waals surface area contributed by atoms with E-state index >= 15 is 0 Å². The van der Waals surface area contributed by atoms with E-state index in [1.54, 1.807) is 55.5 Å². The SMILES string of the molecule is CCOC(=O)c1ccccc1NC(=O)CN(C(C)=O)c1cccc(Cl)c1. The largest absolute Gasteiger partial charge is 0.462 e. The number of nitrogens with zero attached hydrogens (tertiary/aromatic N) is 1. The highest BCUT2D eigenvalue weighted by Crippen LogP contribution is 2.20. The molecule has 0 aliphatic carbocycles. The molecule has 2 amide bonds. The van der Waals surface area contributed by atoms with Crippen molar-refractivity contribution in [3.63, 3.8) is 0 Å². The average Bonchev–Trinajstić information content (AvgIpc) is 2.60. The third-order valence-corrected chi connectivity index (χ3v) is 3.73. The van der Waals surface area contributed by atoms with Gasteiger partial charge in [-0.15, -0.1) is 0 Å². The zero-order valence-electron chi connectivity index (χ0n) is 14.5. The van der Waals surface area contributed by atoms with Crippen molar-refractivity contribution >= 4 is 40.8 Å². The number of amides is 2. The number of halogens is 1. The quantitative estimate of drug-likeness (QED) is 0.785. The number of para-hydroxylation sites is 1. The van der Waals surface area contributed by atoms with Crippen molar-refractivity contribution in [2.75, 3.05) is 23.4 Å². The lowest BCUT2D eigenvalue weighted by Crippen LogP contribution is -2.36. The van der Waals surface area contributed by atoms with Gasteiger partial charge in [-0.3, -0.25) is 9.59 Å². The molecule has 26 heavy (non-hydrogen) atoms. The number of esters is 1. The number of hydrogen-bond acceptors (Lipinski definition) is 4. The van der Waals surface area contributed by atoms with Gasteiger partial charge in [-0.05, 0) is 37.3 Å². The van der Waals surface area contributed by atoms with Crippen molar-refractivity contribution in [2.45, 2.75) is 13.8 Å². The molecule has 136 valence electrons. The molecule has 0 fully saturated rings. The summed E-state index contributed by atoms with van der Waals surface area (Å²) in [6.45, 7) is 3.08. The zero-order chi connectivity index (χ0) is 19.1. The molecule has 0 atom stereocenters. The van der Waals surface area contributed by atoms with E-state index in [1.807, 2.05) is 0 Å². The molecule has 1 N–H and O–H groups in total. The summed E-state index contributed by atoms with van der Waals surface area (Å²) in [5.41, 5.74) is 1.09. The van der Waals surface area contributed by atoms with E-state index in [1.165, 1.54) is 11.8 Å². The summed E-state index contributed by atoms with van der Waals surface area (Å²) < 4.78 is 4.98. The van der Waals surface area contributed by atoms with Gasteiger partial charge in [0.05, 0.1) is 17.9 Å². The van der Waals surface area contributed by atoms with Gasteiger partial charge in [0, 0.05) is 17.6 Å². The van der Waals surface area contributed by atoms with Crippen molar-refractivity contribution < 1.29 is 19.1 Å². The van der Waals surface area contributed by atoms with Crippen LogP contribution < -0.4 is 10.2 Å². The van der Waals surface area contributed by atoms with Crippen LogP contribution in [0.4, 0.5) is 11.4 Å². The number of anilines is 2. The third kappa shape index (κ3) is 5.07. The lowest BCUT2D eigenvalue weighted by Gasteiger charge is -2.21. The van der Waals surface area contributed by atoms with Crippen LogP contribution in [-0.2, 0) is 14.3 Å². The molecule has 2 aromatic carbocycles. The first-order chi connectivity index (χ1) is 12.4. The fourth-order valence-electron chi connectivity index (χ4n) is 2.34. The molecule has 7 heteroatoms. The summed E-state index contributed by atoms with van der Waals surface area (Å²) in [4.78, 5) is 37.6. The van der Waals surface area contributed by atoms with Gasteiger partial charge in [-0.2, -0.15) is 0 Å². The predicted molar refractivity (Wildman–Crippen MR) is 101 cm³/mol. The number of ether oxygens (including phenoxy) is 1. The van der Waals surface area contributed by atoms with E-state index in [-0.39, 0.29) is 24.6 Å². The number of carbonyl (C=O) groups is 3. The Morgan fingerprint density at radius 1 is 1.12 bits per heavy atom. The predicted octanol–water partition coefficient (Wildman–Crippen LogP) is 3.51. The fourth-order valence-corrected chi connectivity index (χ4v) is 2.53. The Hall–Kier alpha value is -2.86. The van der Waals surface area contributed by atoms with Crippen molar-refractivity contribution in [3.05, 3.63) is 59.1 Å². The minimum Gasteiger partial charge on any atom is -0.462 e. The van der Waals surface area contributed by atoms with Gasteiger partial charge in [-0.1, -0.05) is 29.8 Å². The number of hydrogen-bond donors (Lipinski definition) is 1. The van der Waals surface area contributed by atoms with Crippen molar-refractivity contribution in [2.24, 2.45) is 0 Å². The van der Waals surface area contributed by atoms with Crippen LogP contribution in [0.15, 0.2) is 48.5 Å². The standard InChI is InChI=1S/C19H19ClN2O4/c1-3-26-19(25)16-9-4-5-10-17(16)21-18(24)12-22(13(2)23)15-8-6-7-14(20)11-15/h4-11H,3,12H2,1-2H3,(H,21,24). The Kier molecular flexibility index (Phi) is 6.74. The first-order valence-electron chi connectivity index (χ1n) is 8.02. The first kappa shape index (κ1) is 19.5. The molecule has 0 aromatic heterocycles. The van der Waals surface area contributed by atoms with E-state index in [2.05, 4.69) is 5.32 Å². The normalized spacial score (nSPS) is 10.1. The van der Waals surface area contributed by atoms with E-state index in [0.29, 0.717) is 16.4 Å². The molecule has 0 radical (unpaired) electrons. The minimum absolute atomic E-state index is 0.215. The highest BCUT2D eigenvalue weighted by atomic mass is 35.5. The van der Waals surface area contributed by atoms with Crippen molar-refractivity contribution in [1.29, 1.82) is 0 Å². The van der Waals surface area contributed by atoms with E-state index in [4.69, 9.17) is 16.3 Å². The maximum Gasteiger partial charge on any atom is 0.340 e. The lowest BCUT2D eigenvalue weighted by molar-refractivity contribution is -0.120. The Balaban J connectivity index is 2.17. The molecule has 0 unspecified atom stereocenters. The molecule has 0 aliphatic heterocycles. The van der Waals surface area contributed by atoms with E-state index in [0.717, 1.165) is 0 Å². The Morgan fingerprint density at radius 2 is 1.85 bits per heavy atom. The van der Waals surface area contributed by atoms with Gasteiger partial charge in [0.2, 0.25) is 11.8 Å². The van der Waals surface area contributed by atoms with Crippen molar-refractivity contribution in [3.8, 4) is 0 Å². The Bertz CT molecular complexity index is 823. The summed E-state index contributed by atoms with van der Waals surface area (Å²) in [6.07, 6.45) is 0. The monoisotopic (exact) mass is 374 g/mol. The van der Waals surface area contributed by atoms with Gasteiger partial charge < -0.3 is 15.0 Å². The lowest BCUT2D eigenvalue weighted by atomic mass is 10.1. The molecule has 2 aromatic rings. The molecule has 0 aliphatic rings. The summed E-state index contributed by atoms with van der Waals surface area (Å²) in [7, 11) is 0. The van der Waals surface area contributed by atoms with Crippen LogP contribution in [0.3, 0.4) is 0 Å². The van der Waals surface area contributed by atoms with Gasteiger partial charge in [0.25, 0.3) is 0 Å². The first-order valence-corrected chi connectivity index (χ1v) is 8.39. The molecule has 0 heterocycles. The van der Waals surface area contributed by atoms with Crippen LogP contribution in [0, 0.1) is 0 Å². The molecule has 6 nitrogen and oxygen atoms in total. The second kappa shape index (κ2) is 9.01. The summed E-state index contributed by atoms with van der Waals surface area (Å²) >= 11 is 5.96. The maximum atomic E-state index is 12.4. The topological polar surface area (TPSA) is 75.7 Å². The molecule has 2 rings (SSSR count). The Labute approximate surface area is 156 Å². The average molecular weight is 375 g/mol. The van der Waals surface area contributed by atoms with Crippen LogP contribution in [0.25, 0.3) is 0 Å². The smallest absolute Gasteiger partial charge is 0.340 e. The number of rotatable bonds is 6. The minimum atomic E-state index is -0.526. The van der Waals surface area contributed by atoms with Crippen LogP contribution in [0.1, 0.15) is 24.2 Å². The molecule has 0 saturated carbocycles. The van der Waals surface area contributed by atoms with Gasteiger partial charge in [-0.25, -0.2) is 4.79 Å². The van der Waals surface area contributed by atoms with Crippen molar-refractivity contribution in [1.82, 2.24) is 0 Å². The number of benzene rings is 2. The van der Waals surface area contributed by atoms with Crippen LogP contribution in [0.2, 0.25) is 5.02 Å². The molecule has 0 spiro atoms. The highest BCUT2D eigenvalue weighted by Gasteiger charge is 2.18. The number of nitrogens with one attached hydrogen (secondary N) is 1. The molecule has 0 bridgehead atoms. The summed E-state index contributed by atoms with van der Waals surface area (Å²) in [5.74, 6) is -1.28.